The van der Waals surface area contributed by atoms with Gasteiger partial charge in [0.15, 0.2) is 0 Å². The lowest BCUT2D eigenvalue weighted by molar-refractivity contribution is -0.0432. The monoisotopic (exact) mass is 199 g/mol. The number of piperidine rings is 1. The molecule has 6 heteroatoms. The fourth-order valence-corrected chi connectivity index (χ4v) is 2.10. The van der Waals surface area contributed by atoms with Crippen molar-refractivity contribution in [1.82, 2.24) is 4.31 Å². The van der Waals surface area contributed by atoms with Crippen molar-refractivity contribution >= 4 is 10.0 Å². The smallest absolute Gasteiger partial charge is 0.213 e. The van der Waals surface area contributed by atoms with Crippen LogP contribution in [-0.4, -0.2) is 38.0 Å². The molecule has 72 valence electrons. The van der Waals surface area contributed by atoms with Gasteiger partial charge in [0.1, 0.15) is 0 Å². The van der Waals surface area contributed by atoms with Crippen LogP contribution in [0, 0.1) is 0 Å². The van der Waals surface area contributed by atoms with E-state index in [2.05, 4.69) is 0 Å². The highest BCUT2D eigenvalue weighted by Crippen LogP contribution is 2.27. The number of nitrogens with zero attached hydrogens (tertiary/aromatic N) is 1. The Morgan fingerprint density at radius 3 is 2.33 bits per heavy atom. The Bertz CT molecular complexity index is 263. The Balaban J connectivity index is 2.71. The standard InChI is InChI=1S/C6H11F2NO2S/c1-12(10,11)9-4-2-3-6(7,8)5-9/h2-5H2,1H3. The van der Waals surface area contributed by atoms with Crippen molar-refractivity contribution in [2.45, 2.75) is 18.8 Å². The van der Waals surface area contributed by atoms with Crippen LogP contribution in [0.1, 0.15) is 12.8 Å². The fraction of sp³-hybridized carbons (Fsp3) is 1.00. The van der Waals surface area contributed by atoms with E-state index >= 15 is 0 Å². The molecule has 3 nitrogen and oxygen atoms in total. The Morgan fingerprint density at radius 1 is 1.42 bits per heavy atom. The average Bonchev–Trinajstić information content (AvgIpc) is 1.83. The van der Waals surface area contributed by atoms with E-state index in [1.165, 1.54) is 0 Å². The summed E-state index contributed by atoms with van der Waals surface area (Å²) in [6, 6.07) is 0. The molecule has 0 aromatic rings. The second kappa shape index (κ2) is 2.92. The van der Waals surface area contributed by atoms with Crippen molar-refractivity contribution in [2.75, 3.05) is 19.3 Å². The number of rotatable bonds is 1. The number of sulfonamides is 1. The molecule has 0 atom stereocenters. The molecule has 0 saturated carbocycles. The van der Waals surface area contributed by atoms with Gasteiger partial charge in [0, 0.05) is 13.0 Å². The van der Waals surface area contributed by atoms with E-state index in [9.17, 15) is 17.2 Å². The number of hydrogen-bond acceptors (Lipinski definition) is 2. The summed E-state index contributed by atoms with van der Waals surface area (Å²) in [6.45, 7) is -0.444. The van der Waals surface area contributed by atoms with Gasteiger partial charge in [-0.1, -0.05) is 0 Å². The summed E-state index contributed by atoms with van der Waals surface area (Å²) < 4.78 is 47.9. The number of alkyl halides is 2. The van der Waals surface area contributed by atoms with Gasteiger partial charge in [0.2, 0.25) is 10.0 Å². The molecule has 0 radical (unpaired) electrons. The highest BCUT2D eigenvalue weighted by Gasteiger charge is 2.38. The third-order valence-electron chi connectivity index (χ3n) is 1.83. The van der Waals surface area contributed by atoms with Crippen LogP contribution in [0.5, 0.6) is 0 Å². The summed E-state index contributed by atoms with van der Waals surface area (Å²) in [4.78, 5) is 0. The lowest BCUT2D eigenvalue weighted by atomic mass is 10.1. The fourth-order valence-electron chi connectivity index (χ4n) is 1.21. The molecule has 1 heterocycles. The minimum atomic E-state index is -3.44. The molecule has 1 aliphatic heterocycles. The Kier molecular flexibility index (Phi) is 2.40. The van der Waals surface area contributed by atoms with Gasteiger partial charge in [-0.2, -0.15) is 4.31 Å². The summed E-state index contributed by atoms with van der Waals surface area (Å²) in [6.07, 6.45) is 0.980. The topological polar surface area (TPSA) is 37.4 Å². The molecule has 0 bridgehead atoms. The van der Waals surface area contributed by atoms with Crippen molar-refractivity contribution < 1.29 is 17.2 Å². The lowest BCUT2D eigenvalue weighted by Gasteiger charge is -2.30. The van der Waals surface area contributed by atoms with E-state index in [-0.39, 0.29) is 19.4 Å². The molecular weight excluding hydrogens is 188 g/mol. The van der Waals surface area contributed by atoms with Crippen LogP contribution in [0.2, 0.25) is 0 Å². The molecule has 1 aliphatic rings. The predicted octanol–water partition coefficient (Wildman–Crippen LogP) is 0.677. The van der Waals surface area contributed by atoms with Gasteiger partial charge < -0.3 is 0 Å². The van der Waals surface area contributed by atoms with Crippen LogP contribution in [-0.2, 0) is 10.0 Å². The van der Waals surface area contributed by atoms with Crippen LogP contribution in [0.4, 0.5) is 8.78 Å². The zero-order valence-electron chi connectivity index (χ0n) is 6.76. The third-order valence-corrected chi connectivity index (χ3v) is 3.08. The summed E-state index contributed by atoms with van der Waals surface area (Å²) in [7, 11) is -3.44. The van der Waals surface area contributed by atoms with E-state index in [1.54, 1.807) is 0 Å². The van der Waals surface area contributed by atoms with Crippen LogP contribution in [0.25, 0.3) is 0 Å². The summed E-state index contributed by atoms with van der Waals surface area (Å²) in [5.41, 5.74) is 0. The summed E-state index contributed by atoms with van der Waals surface area (Å²) in [5.74, 6) is -2.85. The van der Waals surface area contributed by atoms with E-state index in [0.29, 0.717) is 0 Å². The highest BCUT2D eigenvalue weighted by atomic mass is 32.2. The van der Waals surface area contributed by atoms with Gasteiger partial charge in [-0.25, -0.2) is 17.2 Å². The Labute approximate surface area is 70.4 Å². The molecule has 12 heavy (non-hydrogen) atoms. The third kappa shape index (κ3) is 2.38. The second-order valence-corrected chi connectivity index (χ2v) is 5.04. The van der Waals surface area contributed by atoms with E-state index in [4.69, 9.17) is 0 Å². The van der Waals surface area contributed by atoms with Gasteiger partial charge >= 0.3 is 0 Å². The minimum Gasteiger partial charge on any atom is -0.213 e. The first-order valence-electron chi connectivity index (χ1n) is 3.64. The van der Waals surface area contributed by atoms with Crippen molar-refractivity contribution in [3.05, 3.63) is 0 Å². The normalized spacial score (nSPS) is 25.6. The van der Waals surface area contributed by atoms with E-state index < -0.39 is 22.5 Å². The van der Waals surface area contributed by atoms with Crippen LogP contribution >= 0.6 is 0 Å². The first-order valence-corrected chi connectivity index (χ1v) is 5.49. The van der Waals surface area contributed by atoms with Gasteiger partial charge in [-0.05, 0) is 6.42 Å². The summed E-state index contributed by atoms with van der Waals surface area (Å²) in [5, 5.41) is 0. The zero-order valence-corrected chi connectivity index (χ0v) is 7.57. The molecule has 0 aromatic carbocycles. The van der Waals surface area contributed by atoms with Crippen LogP contribution in [0.15, 0.2) is 0 Å². The first kappa shape index (κ1) is 9.85. The highest BCUT2D eigenvalue weighted by molar-refractivity contribution is 7.88. The Hall–Kier alpha value is -0.230. The summed E-state index contributed by atoms with van der Waals surface area (Å²) >= 11 is 0. The molecule has 1 saturated heterocycles. The van der Waals surface area contributed by atoms with E-state index in [1.807, 2.05) is 0 Å². The molecule has 0 spiro atoms. The minimum absolute atomic E-state index is 0.209. The second-order valence-electron chi connectivity index (χ2n) is 3.06. The Morgan fingerprint density at radius 2 is 2.00 bits per heavy atom. The van der Waals surface area contributed by atoms with Gasteiger partial charge in [0.05, 0.1) is 12.8 Å². The van der Waals surface area contributed by atoms with E-state index in [0.717, 1.165) is 10.6 Å². The zero-order chi connectivity index (χ0) is 9.41. The van der Waals surface area contributed by atoms with Crippen molar-refractivity contribution in [1.29, 1.82) is 0 Å². The SMILES string of the molecule is CS(=O)(=O)N1CCCC(F)(F)C1. The van der Waals surface area contributed by atoms with Crippen LogP contribution in [0.3, 0.4) is 0 Å². The molecule has 0 N–H and O–H groups in total. The van der Waals surface area contributed by atoms with Crippen molar-refractivity contribution in [3.63, 3.8) is 0 Å². The predicted molar refractivity (Wildman–Crippen MR) is 40.6 cm³/mol. The largest absolute Gasteiger partial charge is 0.261 e. The van der Waals surface area contributed by atoms with Crippen LogP contribution < -0.4 is 0 Å². The molecule has 0 aromatic heterocycles. The maximum absolute atomic E-state index is 12.7. The average molecular weight is 199 g/mol. The van der Waals surface area contributed by atoms with Gasteiger partial charge in [0.25, 0.3) is 5.92 Å². The quantitative estimate of drug-likeness (QED) is 0.622. The molecule has 1 rings (SSSR count). The van der Waals surface area contributed by atoms with Crippen molar-refractivity contribution in [3.8, 4) is 0 Å². The lowest BCUT2D eigenvalue weighted by Crippen LogP contribution is -2.45. The first-order chi connectivity index (χ1) is 5.31. The molecule has 1 fully saturated rings. The number of hydrogen-bond donors (Lipinski definition) is 0. The molecular formula is C6H11F2NO2S. The molecule has 0 aliphatic carbocycles. The van der Waals surface area contributed by atoms with Crippen molar-refractivity contribution in [2.24, 2.45) is 0 Å². The number of halogens is 2. The van der Waals surface area contributed by atoms with Gasteiger partial charge in [-0.3, -0.25) is 0 Å². The molecule has 0 unspecified atom stereocenters. The molecule has 0 amide bonds. The van der Waals surface area contributed by atoms with Gasteiger partial charge in [-0.15, -0.1) is 0 Å². The maximum Gasteiger partial charge on any atom is 0.261 e. The maximum atomic E-state index is 12.7.